The number of hydrogen-bond acceptors (Lipinski definition) is 4. The summed E-state index contributed by atoms with van der Waals surface area (Å²) in [5.74, 6) is 2.34. The molecule has 0 spiro atoms. The van der Waals surface area contributed by atoms with Gasteiger partial charge in [0.05, 0.1) is 28.1 Å². The predicted octanol–water partition coefficient (Wildman–Crippen LogP) is 15.2. The molecule has 5 heteroatoms. The lowest BCUT2D eigenvalue weighted by atomic mass is 9.82. The number of fused-ring (bicyclic) bond motifs is 4. The molecule has 10 rings (SSSR count). The monoisotopic (exact) mass is 776 g/mol. The van der Waals surface area contributed by atoms with E-state index in [9.17, 15) is 0 Å². The van der Waals surface area contributed by atoms with Gasteiger partial charge in [0.25, 0.3) is 0 Å². The molecule has 2 aromatic heterocycles. The second-order valence-corrected chi connectivity index (χ2v) is 16.2. The summed E-state index contributed by atoms with van der Waals surface area (Å²) in [6, 6.07) is 67.9. The van der Waals surface area contributed by atoms with Crippen LogP contribution >= 0.6 is 0 Å². The molecule has 0 aliphatic rings. The van der Waals surface area contributed by atoms with E-state index in [-0.39, 0.29) is 5.41 Å². The van der Waals surface area contributed by atoms with Crippen molar-refractivity contribution in [2.45, 2.75) is 26.2 Å². The van der Waals surface area contributed by atoms with Crippen molar-refractivity contribution in [1.82, 2.24) is 9.55 Å². The highest BCUT2D eigenvalue weighted by Gasteiger charge is 2.22. The number of hydrogen-bond donors (Lipinski definition) is 2. The normalized spacial score (nSPS) is 11.6. The smallest absolute Gasteiger partial charge is 0.137 e. The predicted molar refractivity (Wildman–Crippen MR) is 252 cm³/mol. The summed E-state index contributed by atoms with van der Waals surface area (Å²) in [7, 11) is 0. The maximum atomic E-state index is 6.63. The van der Waals surface area contributed by atoms with Crippen LogP contribution in [0.15, 0.2) is 200 Å². The van der Waals surface area contributed by atoms with Gasteiger partial charge in [0.15, 0.2) is 0 Å². The van der Waals surface area contributed by atoms with E-state index in [0.29, 0.717) is 0 Å². The van der Waals surface area contributed by atoms with Crippen LogP contribution in [0.2, 0.25) is 0 Å². The van der Waals surface area contributed by atoms with Gasteiger partial charge in [0.2, 0.25) is 0 Å². The van der Waals surface area contributed by atoms with Gasteiger partial charge in [-0.05, 0) is 88.2 Å². The Balaban J connectivity index is 1.05. The molecule has 0 aliphatic carbocycles. The molecule has 0 unspecified atom stereocenters. The van der Waals surface area contributed by atoms with Crippen LogP contribution in [0.1, 0.15) is 26.3 Å². The lowest BCUT2D eigenvalue weighted by Gasteiger charge is -2.26. The number of rotatable bonds is 9. The first kappa shape index (κ1) is 36.7. The molecule has 10 aromatic rings. The molecule has 0 atom stereocenters. The maximum absolute atomic E-state index is 6.63. The zero-order valence-electron chi connectivity index (χ0n) is 33.9. The Morgan fingerprint density at radius 3 is 1.85 bits per heavy atom. The standard InChI is InChI=1S/C55H44N4O/c1-55(2,3)40-33-47(37-17-6-4-7-18-37)53(48(34-40)38-19-8-5-9-20-38)58-54-44-24-11-10-21-39(44)28-31-49(54)57-41-22-16-23-42(35-41)60-43-29-30-46-45-25-12-13-26-50(45)59(51(46)36-43)52-27-14-15-32-56-52/h4-36,57-58H,1-3H3. The quantitative estimate of drug-likeness (QED) is 0.153. The lowest BCUT2D eigenvalue weighted by Crippen LogP contribution is -2.12. The third-order valence-corrected chi connectivity index (χ3v) is 11.2. The van der Waals surface area contributed by atoms with Gasteiger partial charge in [0.1, 0.15) is 17.3 Å². The fourth-order valence-corrected chi connectivity index (χ4v) is 8.21. The van der Waals surface area contributed by atoms with E-state index in [1.54, 1.807) is 0 Å². The Bertz CT molecular complexity index is 3090. The molecule has 8 aromatic carbocycles. The Hall–Kier alpha value is -7.63. The first-order valence-electron chi connectivity index (χ1n) is 20.5. The number of nitrogens with zero attached hydrogens (tertiary/aromatic N) is 2. The molecular formula is C55H44N4O. The van der Waals surface area contributed by atoms with Crippen molar-refractivity contribution in [3.05, 3.63) is 206 Å². The maximum Gasteiger partial charge on any atom is 0.137 e. The van der Waals surface area contributed by atoms with E-state index in [1.807, 2.05) is 42.6 Å². The first-order chi connectivity index (χ1) is 29.4. The Morgan fingerprint density at radius 1 is 0.483 bits per heavy atom. The van der Waals surface area contributed by atoms with E-state index >= 15 is 0 Å². The van der Waals surface area contributed by atoms with Crippen molar-refractivity contribution in [2.75, 3.05) is 10.6 Å². The molecule has 2 heterocycles. The van der Waals surface area contributed by atoms with E-state index in [1.165, 1.54) is 10.9 Å². The third-order valence-electron chi connectivity index (χ3n) is 11.2. The molecule has 290 valence electrons. The van der Waals surface area contributed by atoms with E-state index < -0.39 is 0 Å². The molecule has 0 saturated carbocycles. The summed E-state index contributed by atoms with van der Waals surface area (Å²) in [6.45, 7) is 6.84. The van der Waals surface area contributed by atoms with Crippen LogP contribution in [0.4, 0.5) is 22.7 Å². The molecule has 0 radical (unpaired) electrons. The topological polar surface area (TPSA) is 51.1 Å². The number of benzene rings is 8. The van der Waals surface area contributed by atoms with Crippen LogP contribution in [0.25, 0.3) is 60.6 Å². The fraction of sp³-hybridized carbons (Fsp3) is 0.0727. The van der Waals surface area contributed by atoms with Gasteiger partial charge in [-0.2, -0.15) is 0 Å². The highest BCUT2D eigenvalue weighted by Crippen LogP contribution is 2.45. The Morgan fingerprint density at radius 2 is 1.13 bits per heavy atom. The molecule has 0 amide bonds. The summed E-state index contributed by atoms with van der Waals surface area (Å²) in [5.41, 5.74) is 11.9. The Kier molecular flexibility index (Phi) is 9.34. The zero-order valence-corrected chi connectivity index (χ0v) is 33.9. The van der Waals surface area contributed by atoms with Crippen molar-refractivity contribution in [1.29, 1.82) is 0 Å². The minimum Gasteiger partial charge on any atom is -0.457 e. The van der Waals surface area contributed by atoms with Gasteiger partial charge in [-0.15, -0.1) is 0 Å². The number of ether oxygens (including phenoxy) is 1. The lowest BCUT2D eigenvalue weighted by molar-refractivity contribution is 0.483. The average molecular weight is 777 g/mol. The minimum absolute atomic E-state index is 0.0614. The van der Waals surface area contributed by atoms with E-state index in [2.05, 4.69) is 194 Å². The molecule has 0 fully saturated rings. The Labute approximate surface area is 350 Å². The highest BCUT2D eigenvalue weighted by molar-refractivity contribution is 6.09. The molecule has 0 aliphatic heterocycles. The summed E-state index contributed by atoms with van der Waals surface area (Å²) < 4.78 is 8.83. The summed E-state index contributed by atoms with van der Waals surface area (Å²) in [4.78, 5) is 4.70. The zero-order chi connectivity index (χ0) is 40.6. The van der Waals surface area contributed by atoms with E-state index in [0.717, 1.165) is 89.5 Å². The fourth-order valence-electron chi connectivity index (χ4n) is 8.21. The number of pyridine rings is 1. The van der Waals surface area contributed by atoms with Gasteiger partial charge in [0, 0.05) is 51.3 Å². The van der Waals surface area contributed by atoms with Crippen LogP contribution in [0.3, 0.4) is 0 Å². The number of aromatic nitrogens is 2. The van der Waals surface area contributed by atoms with Crippen LogP contribution in [-0.2, 0) is 5.41 Å². The summed E-state index contributed by atoms with van der Waals surface area (Å²) >= 11 is 0. The molecule has 2 N–H and O–H groups in total. The second kappa shape index (κ2) is 15.3. The van der Waals surface area contributed by atoms with Crippen LogP contribution in [0, 0.1) is 0 Å². The molecule has 60 heavy (non-hydrogen) atoms. The highest BCUT2D eigenvalue weighted by atomic mass is 16.5. The summed E-state index contributed by atoms with van der Waals surface area (Å²) in [6.07, 6.45) is 1.83. The molecule has 0 bridgehead atoms. The largest absolute Gasteiger partial charge is 0.457 e. The molecule has 5 nitrogen and oxygen atoms in total. The van der Waals surface area contributed by atoms with Crippen molar-refractivity contribution in [2.24, 2.45) is 0 Å². The van der Waals surface area contributed by atoms with Crippen molar-refractivity contribution in [3.63, 3.8) is 0 Å². The van der Waals surface area contributed by atoms with Gasteiger partial charge in [-0.3, -0.25) is 4.57 Å². The van der Waals surface area contributed by atoms with Gasteiger partial charge in [-0.25, -0.2) is 4.98 Å². The van der Waals surface area contributed by atoms with Crippen molar-refractivity contribution in [3.8, 4) is 39.6 Å². The van der Waals surface area contributed by atoms with Gasteiger partial charge in [-0.1, -0.05) is 142 Å². The summed E-state index contributed by atoms with van der Waals surface area (Å²) in [5, 5.41) is 12.4. The van der Waals surface area contributed by atoms with Crippen LogP contribution < -0.4 is 15.4 Å². The SMILES string of the molecule is CC(C)(C)c1cc(-c2ccccc2)c(Nc2c(Nc3cccc(Oc4ccc5c6ccccc6n(-c6ccccn6)c5c4)c3)ccc3ccccc23)c(-c2ccccc2)c1. The minimum atomic E-state index is -0.0614. The number of anilines is 4. The second-order valence-electron chi connectivity index (χ2n) is 16.2. The molecular weight excluding hydrogens is 733 g/mol. The number of nitrogens with one attached hydrogen (secondary N) is 2. The van der Waals surface area contributed by atoms with Gasteiger partial charge >= 0.3 is 0 Å². The van der Waals surface area contributed by atoms with Gasteiger partial charge < -0.3 is 15.4 Å². The van der Waals surface area contributed by atoms with E-state index in [4.69, 9.17) is 9.72 Å². The van der Waals surface area contributed by atoms with Crippen molar-refractivity contribution >= 4 is 55.3 Å². The third kappa shape index (κ3) is 7.01. The van der Waals surface area contributed by atoms with Crippen LogP contribution in [-0.4, -0.2) is 9.55 Å². The average Bonchev–Trinajstić information content (AvgIpc) is 3.61. The first-order valence-corrected chi connectivity index (χ1v) is 20.5. The van der Waals surface area contributed by atoms with Crippen LogP contribution in [0.5, 0.6) is 11.5 Å². The number of para-hydroxylation sites is 1. The van der Waals surface area contributed by atoms with Crippen molar-refractivity contribution < 1.29 is 4.74 Å². The molecule has 0 saturated heterocycles.